The van der Waals surface area contributed by atoms with Crippen molar-refractivity contribution in [3.05, 3.63) is 28.9 Å². The molecule has 1 amide bonds. The SMILES string of the molecule is C[C@@H]1CC=CN(C(=O)c2cscn2)CC1. The molecule has 1 aromatic heterocycles. The summed E-state index contributed by atoms with van der Waals surface area (Å²) in [5.41, 5.74) is 2.25. The van der Waals surface area contributed by atoms with E-state index in [1.807, 2.05) is 6.20 Å². The Morgan fingerprint density at radius 2 is 2.53 bits per heavy atom. The van der Waals surface area contributed by atoms with Crippen LogP contribution in [0.15, 0.2) is 23.2 Å². The Hall–Kier alpha value is -1.16. The maximum absolute atomic E-state index is 11.9. The zero-order valence-corrected chi connectivity index (χ0v) is 9.54. The molecule has 1 aliphatic heterocycles. The summed E-state index contributed by atoms with van der Waals surface area (Å²) in [6, 6.07) is 0. The van der Waals surface area contributed by atoms with E-state index in [-0.39, 0.29) is 5.91 Å². The van der Waals surface area contributed by atoms with E-state index in [2.05, 4.69) is 18.0 Å². The second-order valence-corrected chi connectivity index (χ2v) is 4.61. The Labute approximate surface area is 93.4 Å². The molecule has 0 radical (unpaired) electrons. The monoisotopic (exact) mass is 222 g/mol. The van der Waals surface area contributed by atoms with E-state index in [0.29, 0.717) is 11.6 Å². The molecule has 4 heteroatoms. The maximum atomic E-state index is 11.9. The fraction of sp³-hybridized carbons (Fsp3) is 0.455. The smallest absolute Gasteiger partial charge is 0.277 e. The molecular formula is C11H14N2OS. The van der Waals surface area contributed by atoms with Crippen molar-refractivity contribution in [2.24, 2.45) is 5.92 Å². The van der Waals surface area contributed by atoms with Gasteiger partial charge in [0, 0.05) is 18.1 Å². The summed E-state index contributed by atoms with van der Waals surface area (Å²) >= 11 is 1.45. The highest BCUT2D eigenvalue weighted by Gasteiger charge is 2.17. The van der Waals surface area contributed by atoms with Crippen LogP contribution >= 0.6 is 11.3 Å². The molecule has 0 saturated heterocycles. The second kappa shape index (κ2) is 4.57. The molecule has 0 spiro atoms. The fourth-order valence-electron chi connectivity index (χ4n) is 1.61. The van der Waals surface area contributed by atoms with E-state index < -0.39 is 0 Å². The van der Waals surface area contributed by atoms with E-state index in [0.717, 1.165) is 19.4 Å². The Morgan fingerprint density at radius 1 is 1.67 bits per heavy atom. The van der Waals surface area contributed by atoms with Crippen molar-refractivity contribution >= 4 is 17.2 Å². The molecule has 0 unspecified atom stereocenters. The van der Waals surface area contributed by atoms with Crippen LogP contribution in [0.3, 0.4) is 0 Å². The molecule has 2 rings (SSSR count). The number of allylic oxidation sites excluding steroid dienone is 1. The van der Waals surface area contributed by atoms with E-state index in [1.54, 1.807) is 15.8 Å². The third-order valence-electron chi connectivity index (χ3n) is 2.60. The minimum absolute atomic E-state index is 0.0154. The molecule has 0 N–H and O–H groups in total. The van der Waals surface area contributed by atoms with Crippen molar-refractivity contribution in [1.82, 2.24) is 9.88 Å². The van der Waals surface area contributed by atoms with E-state index in [4.69, 9.17) is 0 Å². The molecule has 1 aromatic rings. The summed E-state index contributed by atoms with van der Waals surface area (Å²) < 4.78 is 0. The summed E-state index contributed by atoms with van der Waals surface area (Å²) in [6.07, 6.45) is 6.08. The van der Waals surface area contributed by atoms with Crippen LogP contribution < -0.4 is 0 Å². The first kappa shape index (κ1) is 10.4. The Morgan fingerprint density at radius 3 is 3.27 bits per heavy atom. The quantitative estimate of drug-likeness (QED) is 0.731. The highest BCUT2D eigenvalue weighted by atomic mass is 32.1. The van der Waals surface area contributed by atoms with Gasteiger partial charge in [-0.05, 0) is 18.8 Å². The first-order valence-electron chi connectivity index (χ1n) is 5.13. The largest absolute Gasteiger partial charge is 0.314 e. The van der Waals surface area contributed by atoms with Gasteiger partial charge in [-0.15, -0.1) is 11.3 Å². The van der Waals surface area contributed by atoms with Gasteiger partial charge in [-0.25, -0.2) is 4.98 Å². The molecule has 80 valence electrons. The summed E-state index contributed by atoms with van der Waals surface area (Å²) in [5, 5.41) is 1.80. The average molecular weight is 222 g/mol. The van der Waals surface area contributed by atoms with Gasteiger partial charge in [-0.3, -0.25) is 4.79 Å². The van der Waals surface area contributed by atoms with Gasteiger partial charge in [0.15, 0.2) is 0 Å². The lowest BCUT2D eigenvalue weighted by atomic mass is 10.1. The van der Waals surface area contributed by atoms with E-state index >= 15 is 0 Å². The molecule has 0 fully saturated rings. The minimum Gasteiger partial charge on any atom is -0.314 e. The van der Waals surface area contributed by atoms with Crippen LogP contribution in [0, 0.1) is 5.92 Å². The lowest BCUT2D eigenvalue weighted by Gasteiger charge is -2.16. The fourth-order valence-corrected chi connectivity index (χ4v) is 2.13. The normalized spacial score (nSPS) is 21.4. The standard InChI is InChI=1S/C11H14N2OS/c1-9-3-2-5-13(6-4-9)11(14)10-7-15-8-12-10/h2,5,7-9H,3-4,6H2,1H3/t9-/m1/s1. The number of aromatic nitrogens is 1. The lowest BCUT2D eigenvalue weighted by Crippen LogP contribution is -2.26. The molecule has 0 aromatic carbocycles. The molecule has 2 heterocycles. The highest BCUT2D eigenvalue weighted by molar-refractivity contribution is 7.07. The molecule has 15 heavy (non-hydrogen) atoms. The van der Waals surface area contributed by atoms with Crippen molar-refractivity contribution in [2.45, 2.75) is 19.8 Å². The van der Waals surface area contributed by atoms with Crippen LogP contribution in [-0.4, -0.2) is 22.3 Å². The first-order chi connectivity index (χ1) is 7.27. The Bertz CT molecular complexity index is 359. The van der Waals surface area contributed by atoms with Gasteiger partial charge >= 0.3 is 0 Å². The zero-order chi connectivity index (χ0) is 10.7. The lowest BCUT2D eigenvalue weighted by molar-refractivity contribution is 0.0815. The van der Waals surface area contributed by atoms with Crippen LogP contribution in [0.25, 0.3) is 0 Å². The topological polar surface area (TPSA) is 33.2 Å². The summed E-state index contributed by atoms with van der Waals surface area (Å²) in [4.78, 5) is 17.7. The average Bonchev–Trinajstić information content (AvgIpc) is 2.67. The van der Waals surface area contributed by atoms with Crippen molar-refractivity contribution < 1.29 is 4.79 Å². The molecule has 3 nitrogen and oxygen atoms in total. The molecule has 0 bridgehead atoms. The van der Waals surface area contributed by atoms with Gasteiger partial charge in [0.2, 0.25) is 0 Å². The molecule has 0 aliphatic carbocycles. The number of thiazole rings is 1. The number of amides is 1. The number of carbonyl (C=O) groups is 1. The van der Waals surface area contributed by atoms with Crippen molar-refractivity contribution in [3.8, 4) is 0 Å². The number of hydrogen-bond donors (Lipinski definition) is 0. The summed E-state index contributed by atoms with van der Waals surface area (Å²) in [7, 11) is 0. The molecule has 0 saturated carbocycles. The van der Waals surface area contributed by atoms with Gasteiger partial charge in [0.1, 0.15) is 5.69 Å². The van der Waals surface area contributed by atoms with Crippen LogP contribution in [0.4, 0.5) is 0 Å². The maximum Gasteiger partial charge on any atom is 0.277 e. The van der Waals surface area contributed by atoms with Crippen molar-refractivity contribution in [2.75, 3.05) is 6.54 Å². The van der Waals surface area contributed by atoms with Gasteiger partial charge < -0.3 is 4.90 Å². The van der Waals surface area contributed by atoms with E-state index in [1.165, 1.54) is 11.3 Å². The first-order valence-corrected chi connectivity index (χ1v) is 6.07. The zero-order valence-electron chi connectivity index (χ0n) is 8.72. The van der Waals surface area contributed by atoms with Gasteiger partial charge in [0.05, 0.1) is 5.51 Å². The number of hydrogen-bond acceptors (Lipinski definition) is 3. The van der Waals surface area contributed by atoms with Crippen molar-refractivity contribution in [3.63, 3.8) is 0 Å². The minimum atomic E-state index is 0.0154. The molecular weight excluding hydrogens is 208 g/mol. The van der Waals surface area contributed by atoms with Gasteiger partial charge in [0.25, 0.3) is 5.91 Å². The number of nitrogens with zero attached hydrogens (tertiary/aromatic N) is 2. The number of carbonyl (C=O) groups excluding carboxylic acids is 1. The van der Waals surface area contributed by atoms with Gasteiger partial charge in [-0.1, -0.05) is 13.0 Å². The summed E-state index contributed by atoms with van der Waals surface area (Å²) in [6.45, 7) is 3.01. The third kappa shape index (κ3) is 2.45. The van der Waals surface area contributed by atoms with Gasteiger partial charge in [-0.2, -0.15) is 0 Å². The van der Waals surface area contributed by atoms with Crippen LogP contribution in [0.2, 0.25) is 0 Å². The molecule has 1 atom stereocenters. The Balaban J connectivity index is 2.08. The predicted octanol–water partition coefficient (Wildman–Crippen LogP) is 2.53. The predicted molar refractivity (Wildman–Crippen MR) is 60.7 cm³/mol. The Kier molecular flexibility index (Phi) is 3.16. The summed E-state index contributed by atoms with van der Waals surface area (Å²) in [5.74, 6) is 0.677. The third-order valence-corrected chi connectivity index (χ3v) is 3.19. The number of rotatable bonds is 1. The highest BCUT2D eigenvalue weighted by Crippen LogP contribution is 2.16. The second-order valence-electron chi connectivity index (χ2n) is 3.89. The van der Waals surface area contributed by atoms with Crippen LogP contribution in [0.1, 0.15) is 30.3 Å². The molecule has 1 aliphatic rings. The van der Waals surface area contributed by atoms with Crippen LogP contribution in [-0.2, 0) is 0 Å². The van der Waals surface area contributed by atoms with Crippen LogP contribution in [0.5, 0.6) is 0 Å². The van der Waals surface area contributed by atoms with Crippen molar-refractivity contribution in [1.29, 1.82) is 0 Å². The van der Waals surface area contributed by atoms with E-state index in [9.17, 15) is 4.79 Å².